The van der Waals surface area contributed by atoms with Crippen molar-refractivity contribution in [2.75, 3.05) is 25.2 Å². The lowest BCUT2D eigenvalue weighted by Crippen LogP contribution is -2.33. The molecule has 7 nitrogen and oxygen atoms in total. The lowest BCUT2D eigenvalue weighted by Gasteiger charge is -2.27. The largest absolute Gasteiger partial charge is 0.496 e. The van der Waals surface area contributed by atoms with E-state index in [1.165, 1.54) is 0 Å². The SMILES string of the molecule is COc1ccccc1CN(CC1CCCO1)c1nccn2cnnc12. The molecule has 0 radical (unpaired) electrons. The first-order valence-electron chi connectivity index (χ1n) is 8.48. The molecule has 7 heteroatoms. The summed E-state index contributed by atoms with van der Waals surface area (Å²) in [5.41, 5.74) is 1.85. The summed E-state index contributed by atoms with van der Waals surface area (Å²) in [5, 5.41) is 8.24. The van der Waals surface area contributed by atoms with Crippen LogP contribution >= 0.6 is 0 Å². The number of methoxy groups -OCH3 is 1. The van der Waals surface area contributed by atoms with Crippen LogP contribution in [0.25, 0.3) is 5.65 Å². The van der Waals surface area contributed by atoms with Gasteiger partial charge in [-0.05, 0) is 18.9 Å². The molecule has 1 aliphatic heterocycles. The zero-order valence-corrected chi connectivity index (χ0v) is 14.2. The average Bonchev–Trinajstić information content (AvgIpc) is 3.32. The van der Waals surface area contributed by atoms with E-state index in [0.717, 1.165) is 48.8 Å². The highest BCUT2D eigenvalue weighted by Crippen LogP contribution is 2.26. The van der Waals surface area contributed by atoms with Gasteiger partial charge in [0.2, 0.25) is 5.65 Å². The summed E-state index contributed by atoms with van der Waals surface area (Å²) in [7, 11) is 1.70. The van der Waals surface area contributed by atoms with E-state index in [9.17, 15) is 0 Å². The Labute approximate surface area is 146 Å². The van der Waals surface area contributed by atoms with Gasteiger partial charge in [-0.15, -0.1) is 10.2 Å². The van der Waals surface area contributed by atoms with E-state index in [1.807, 2.05) is 28.8 Å². The Balaban J connectivity index is 1.69. The number of ether oxygens (including phenoxy) is 2. The van der Waals surface area contributed by atoms with Gasteiger partial charge in [0, 0.05) is 37.7 Å². The smallest absolute Gasteiger partial charge is 0.203 e. The summed E-state index contributed by atoms with van der Waals surface area (Å²) < 4.78 is 13.2. The van der Waals surface area contributed by atoms with Crippen molar-refractivity contribution in [3.05, 3.63) is 48.5 Å². The van der Waals surface area contributed by atoms with Crippen molar-refractivity contribution >= 4 is 11.5 Å². The molecule has 1 aromatic carbocycles. The Morgan fingerprint density at radius 2 is 2.28 bits per heavy atom. The van der Waals surface area contributed by atoms with E-state index in [2.05, 4.69) is 26.1 Å². The first kappa shape index (κ1) is 15.8. The minimum atomic E-state index is 0.208. The Morgan fingerprint density at radius 3 is 3.12 bits per heavy atom. The van der Waals surface area contributed by atoms with Gasteiger partial charge in [-0.25, -0.2) is 4.98 Å². The number of hydrogen-bond acceptors (Lipinski definition) is 6. The summed E-state index contributed by atoms with van der Waals surface area (Å²) in [6.07, 6.45) is 7.70. The molecule has 1 aliphatic rings. The molecule has 0 bridgehead atoms. The maximum atomic E-state index is 5.85. The topological polar surface area (TPSA) is 64.8 Å². The van der Waals surface area contributed by atoms with E-state index >= 15 is 0 Å². The van der Waals surface area contributed by atoms with Crippen molar-refractivity contribution in [3.63, 3.8) is 0 Å². The van der Waals surface area contributed by atoms with Crippen LogP contribution in [0.4, 0.5) is 5.82 Å². The third-order valence-corrected chi connectivity index (χ3v) is 4.50. The van der Waals surface area contributed by atoms with Gasteiger partial charge >= 0.3 is 0 Å². The van der Waals surface area contributed by atoms with Gasteiger partial charge in [-0.2, -0.15) is 0 Å². The van der Waals surface area contributed by atoms with E-state index in [-0.39, 0.29) is 6.10 Å². The lowest BCUT2D eigenvalue weighted by atomic mass is 10.1. The summed E-state index contributed by atoms with van der Waals surface area (Å²) in [5.74, 6) is 1.68. The van der Waals surface area contributed by atoms with Crippen molar-refractivity contribution in [1.82, 2.24) is 19.6 Å². The van der Waals surface area contributed by atoms with Crippen LogP contribution < -0.4 is 9.64 Å². The second-order valence-corrected chi connectivity index (χ2v) is 6.14. The molecule has 25 heavy (non-hydrogen) atoms. The molecule has 4 rings (SSSR count). The predicted octanol–water partition coefficient (Wildman–Crippen LogP) is 2.32. The molecule has 1 atom stereocenters. The van der Waals surface area contributed by atoms with E-state index in [1.54, 1.807) is 19.6 Å². The highest BCUT2D eigenvalue weighted by atomic mass is 16.5. The number of fused-ring (bicyclic) bond motifs is 1. The Morgan fingerprint density at radius 1 is 1.36 bits per heavy atom. The monoisotopic (exact) mass is 339 g/mol. The second kappa shape index (κ2) is 7.06. The van der Waals surface area contributed by atoms with Gasteiger partial charge < -0.3 is 14.4 Å². The molecule has 130 valence electrons. The first-order chi connectivity index (χ1) is 12.3. The van der Waals surface area contributed by atoms with Crippen LogP contribution in [0.2, 0.25) is 0 Å². The van der Waals surface area contributed by atoms with Crippen molar-refractivity contribution in [2.24, 2.45) is 0 Å². The third kappa shape index (κ3) is 3.28. The van der Waals surface area contributed by atoms with Crippen LogP contribution in [0.15, 0.2) is 43.0 Å². The molecule has 2 aromatic heterocycles. The van der Waals surface area contributed by atoms with Crippen LogP contribution in [0.5, 0.6) is 5.75 Å². The van der Waals surface area contributed by atoms with E-state index in [0.29, 0.717) is 6.54 Å². The fourth-order valence-corrected chi connectivity index (χ4v) is 3.27. The van der Waals surface area contributed by atoms with Gasteiger partial charge in [0.15, 0.2) is 5.82 Å². The summed E-state index contributed by atoms with van der Waals surface area (Å²) in [6, 6.07) is 8.05. The van der Waals surface area contributed by atoms with Crippen molar-refractivity contribution in [3.8, 4) is 5.75 Å². The first-order valence-corrected chi connectivity index (χ1v) is 8.48. The van der Waals surface area contributed by atoms with Crippen LogP contribution in [-0.2, 0) is 11.3 Å². The number of aromatic nitrogens is 4. The molecule has 3 aromatic rings. The highest BCUT2D eigenvalue weighted by molar-refractivity contribution is 5.63. The maximum Gasteiger partial charge on any atom is 0.203 e. The minimum Gasteiger partial charge on any atom is -0.496 e. The molecule has 1 saturated heterocycles. The van der Waals surface area contributed by atoms with E-state index in [4.69, 9.17) is 9.47 Å². The summed E-state index contributed by atoms with van der Waals surface area (Å²) in [6.45, 7) is 2.26. The van der Waals surface area contributed by atoms with Crippen LogP contribution in [0.1, 0.15) is 18.4 Å². The minimum absolute atomic E-state index is 0.208. The molecule has 1 unspecified atom stereocenters. The fourth-order valence-electron chi connectivity index (χ4n) is 3.27. The number of nitrogens with zero attached hydrogens (tertiary/aromatic N) is 5. The van der Waals surface area contributed by atoms with Gasteiger partial charge in [0.1, 0.15) is 12.1 Å². The quantitative estimate of drug-likeness (QED) is 0.687. The van der Waals surface area contributed by atoms with Gasteiger partial charge in [0.25, 0.3) is 0 Å². The second-order valence-electron chi connectivity index (χ2n) is 6.14. The number of hydrogen-bond donors (Lipinski definition) is 0. The molecule has 0 saturated carbocycles. The number of rotatable bonds is 6. The van der Waals surface area contributed by atoms with Crippen molar-refractivity contribution < 1.29 is 9.47 Å². The predicted molar refractivity (Wildman–Crippen MR) is 93.8 cm³/mol. The normalized spacial score (nSPS) is 17.1. The van der Waals surface area contributed by atoms with Gasteiger partial charge in [-0.3, -0.25) is 4.40 Å². The number of para-hydroxylation sites is 1. The Kier molecular flexibility index (Phi) is 4.47. The maximum absolute atomic E-state index is 5.85. The Bertz CT molecular complexity index is 844. The van der Waals surface area contributed by atoms with Gasteiger partial charge in [0.05, 0.1) is 13.2 Å². The summed E-state index contributed by atoms with van der Waals surface area (Å²) in [4.78, 5) is 6.79. The van der Waals surface area contributed by atoms with Crippen LogP contribution in [-0.4, -0.2) is 45.9 Å². The molecule has 3 heterocycles. The van der Waals surface area contributed by atoms with Crippen LogP contribution in [0.3, 0.4) is 0 Å². The van der Waals surface area contributed by atoms with Crippen LogP contribution in [0, 0.1) is 0 Å². The molecule has 0 N–H and O–H groups in total. The zero-order chi connectivity index (χ0) is 17.1. The summed E-state index contributed by atoms with van der Waals surface area (Å²) >= 11 is 0. The van der Waals surface area contributed by atoms with Crippen molar-refractivity contribution in [1.29, 1.82) is 0 Å². The molecular weight excluding hydrogens is 318 g/mol. The molecule has 1 fully saturated rings. The molecule has 0 spiro atoms. The molecule has 0 aliphatic carbocycles. The molecule has 0 amide bonds. The third-order valence-electron chi connectivity index (χ3n) is 4.50. The zero-order valence-electron chi connectivity index (χ0n) is 14.2. The number of anilines is 1. The lowest BCUT2D eigenvalue weighted by molar-refractivity contribution is 0.115. The molecular formula is C18H21N5O2. The van der Waals surface area contributed by atoms with Gasteiger partial charge in [-0.1, -0.05) is 18.2 Å². The number of benzene rings is 1. The fraction of sp³-hybridized carbons (Fsp3) is 0.389. The van der Waals surface area contributed by atoms with E-state index < -0.39 is 0 Å². The Hall–Kier alpha value is -2.67. The standard InChI is InChI=1S/C18H21N5O2/c1-24-16-7-3-2-5-14(16)11-23(12-15-6-4-10-25-15)17-18-21-20-13-22(18)9-8-19-17/h2-3,5,7-9,13,15H,4,6,10-12H2,1H3. The highest BCUT2D eigenvalue weighted by Gasteiger charge is 2.23. The van der Waals surface area contributed by atoms with Crippen molar-refractivity contribution in [2.45, 2.75) is 25.5 Å². The average molecular weight is 339 g/mol.